The number of carbonyl (C=O) groups is 1. The molecule has 0 spiro atoms. The molecule has 10 heteroatoms. The summed E-state index contributed by atoms with van der Waals surface area (Å²) in [7, 11) is -3.86. The van der Waals surface area contributed by atoms with Gasteiger partial charge in [-0.15, -0.1) is 0 Å². The van der Waals surface area contributed by atoms with Crippen LogP contribution in [0.2, 0.25) is 0 Å². The molecule has 1 atom stereocenters. The zero-order valence-corrected chi connectivity index (χ0v) is 17.2. The van der Waals surface area contributed by atoms with Gasteiger partial charge in [0.25, 0.3) is 10.0 Å². The molecule has 0 bridgehead atoms. The second kappa shape index (κ2) is 7.96. The van der Waals surface area contributed by atoms with Crippen LogP contribution in [0, 0.1) is 0 Å². The fourth-order valence-electron chi connectivity index (χ4n) is 3.74. The maximum Gasteiger partial charge on any atom is 0.321 e. The van der Waals surface area contributed by atoms with Crippen molar-refractivity contribution in [2.24, 2.45) is 16.5 Å². The average molecular weight is 429 g/mol. The van der Waals surface area contributed by atoms with Crippen molar-refractivity contribution in [2.75, 3.05) is 31.1 Å². The van der Waals surface area contributed by atoms with E-state index in [0.29, 0.717) is 31.7 Å². The summed E-state index contributed by atoms with van der Waals surface area (Å²) in [5, 5.41) is 2.73. The molecule has 158 valence electrons. The number of amides is 2. The van der Waals surface area contributed by atoms with E-state index in [1.165, 1.54) is 6.07 Å². The van der Waals surface area contributed by atoms with Crippen LogP contribution in [0.1, 0.15) is 17.2 Å². The Balaban J connectivity index is 1.56. The normalized spacial score (nSPS) is 18.3. The second-order valence-electron chi connectivity index (χ2n) is 7.16. The highest BCUT2D eigenvalue weighted by Crippen LogP contribution is 2.33. The molecule has 2 amide bonds. The SMILES string of the molecule is NCCNC(=O)N1CCc2cc(S(=O)(=O)N3C[C@H](c4ccccc4)N=C3N)ccc21. The van der Waals surface area contributed by atoms with Gasteiger partial charge >= 0.3 is 6.03 Å². The number of carbonyl (C=O) groups excluding carboxylic acids is 1. The molecule has 0 radical (unpaired) electrons. The van der Waals surface area contributed by atoms with E-state index in [-0.39, 0.29) is 29.5 Å². The van der Waals surface area contributed by atoms with Gasteiger partial charge in [0.1, 0.15) is 0 Å². The third-order valence-electron chi connectivity index (χ3n) is 5.27. The van der Waals surface area contributed by atoms with Crippen LogP contribution >= 0.6 is 0 Å². The van der Waals surface area contributed by atoms with Crippen molar-refractivity contribution in [3.05, 3.63) is 59.7 Å². The fourth-order valence-corrected chi connectivity index (χ4v) is 5.16. The summed E-state index contributed by atoms with van der Waals surface area (Å²) < 4.78 is 27.6. The zero-order chi connectivity index (χ0) is 21.3. The van der Waals surface area contributed by atoms with Gasteiger partial charge in [-0.05, 0) is 35.7 Å². The van der Waals surface area contributed by atoms with E-state index in [1.807, 2.05) is 30.3 Å². The van der Waals surface area contributed by atoms with Gasteiger partial charge in [-0.25, -0.2) is 22.5 Å². The molecule has 5 N–H and O–H groups in total. The molecular weight excluding hydrogens is 404 g/mol. The summed E-state index contributed by atoms with van der Waals surface area (Å²) in [4.78, 5) is 18.3. The number of anilines is 1. The Kier molecular flexibility index (Phi) is 5.35. The standard InChI is InChI=1S/C20H24N6O3S/c21-9-10-23-20(27)25-11-8-15-12-16(6-7-18(15)25)30(28,29)26-13-17(24-19(26)22)14-4-2-1-3-5-14/h1-7,12,17H,8-11,13,21H2,(H2,22,24)(H,23,27)/t17-/m1/s1. The first-order valence-electron chi connectivity index (χ1n) is 9.71. The number of guanidine groups is 1. The number of hydrogen-bond donors (Lipinski definition) is 3. The number of benzene rings is 2. The number of aliphatic imine (C=N–C) groups is 1. The first-order chi connectivity index (χ1) is 14.4. The van der Waals surface area contributed by atoms with Crippen LogP contribution in [0.3, 0.4) is 0 Å². The summed E-state index contributed by atoms with van der Waals surface area (Å²) >= 11 is 0. The van der Waals surface area contributed by atoms with E-state index in [4.69, 9.17) is 11.5 Å². The maximum absolute atomic E-state index is 13.2. The van der Waals surface area contributed by atoms with Crippen molar-refractivity contribution in [3.63, 3.8) is 0 Å². The minimum atomic E-state index is -3.86. The minimum Gasteiger partial charge on any atom is -0.369 e. The van der Waals surface area contributed by atoms with E-state index in [1.54, 1.807) is 17.0 Å². The number of urea groups is 1. The number of hydrogen-bond acceptors (Lipinski definition) is 6. The largest absolute Gasteiger partial charge is 0.369 e. The van der Waals surface area contributed by atoms with Crippen molar-refractivity contribution >= 4 is 27.7 Å². The molecule has 4 rings (SSSR count). The highest BCUT2D eigenvalue weighted by atomic mass is 32.2. The molecule has 2 aromatic carbocycles. The third-order valence-corrected chi connectivity index (χ3v) is 7.03. The monoisotopic (exact) mass is 428 g/mol. The van der Waals surface area contributed by atoms with Crippen LogP contribution in [0.5, 0.6) is 0 Å². The maximum atomic E-state index is 13.2. The second-order valence-corrected chi connectivity index (χ2v) is 9.02. The fraction of sp³-hybridized carbons (Fsp3) is 0.300. The number of sulfonamides is 1. The van der Waals surface area contributed by atoms with Crippen molar-refractivity contribution in [2.45, 2.75) is 17.4 Å². The molecule has 0 aromatic heterocycles. The molecule has 0 unspecified atom stereocenters. The predicted octanol–water partition coefficient (Wildman–Crippen LogP) is 0.778. The number of nitrogens with two attached hydrogens (primary N) is 2. The summed E-state index contributed by atoms with van der Waals surface area (Å²) in [5.41, 5.74) is 13.8. The van der Waals surface area contributed by atoms with E-state index in [0.717, 1.165) is 15.4 Å². The Morgan fingerprint density at radius 2 is 1.97 bits per heavy atom. The van der Waals surface area contributed by atoms with Crippen molar-refractivity contribution in [3.8, 4) is 0 Å². The zero-order valence-electron chi connectivity index (χ0n) is 16.4. The molecule has 2 aliphatic rings. The van der Waals surface area contributed by atoms with Crippen molar-refractivity contribution in [1.82, 2.24) is 9.62 Å². The van der Waals surface area contributed by atoms with Crippen LogP contribution < -0.4 is 21.7 Å². The van der Waals surface area contributed by atoms with Crippen LogP contribution in [0.15, 0.2) is 58.4 Å². The molecule has 2 aromatic rings. The molecule has 0 fully saturated rings. The molecule has 0 aliphatic carbocycles. The highest BCUT2D eigenvalue weighted by molar-refractivity contribution is 7.89. The average Bonchev–Trinajstić information content (AvgIpc) is 3.36. The Morgan fingerprint density at radius 3 is 2.70 bits per heavy atom. The van der Waals surface area contributed by atoms with Gasteiger partial charge in [0.2, 0.25) is 5.96 Å². The molecule has 9 nitrogen and oxygen atoms in total. The molecular formula is C20H24N6O3S. The highest BCUT2D eigenvalue weighted by Gasteiger charge is 2.35. The summed E-state index contributed by atoms with van der Waals surface area (Å²) in [6.07, 6.45) is 0.574. The van der Waals surface area contributed by atoms with Crippen molar-refractivity contribution in [1.29, 1.82) is 0 Å². The molecule has 0 saturated heterocycles. The van der Waals surface area contributed by atoms with E-state index in [9.17, 15) is 13.2 Å². The third kappa shape index (κ3) is 3.59. The lowest BCUT2D eigenvalue weighted by Gasteiger charge is -2.20. The van der Waals surface area contributed by atoms with Gasteiger partial charge < -0.3 is 16.8 Å². The minimum absolute atomic E-state index is 0.0212. The van der Waals surface area contributed by atoms with Gasteiger partial charge in [0, 0.05) is 25.3 Å². The number of rotatable bonds is 5. The molecule has 0 saturated carbocycles. The number of fused-ring (bicyclic) bond motifs is 1. The van der Waals surface area contributed by atoms with Crippen LogP contribution in [0.4, 0.5) is 10.5 Å². The molecule has 2 aliphatic heterocycles. The Bertz CT molecular complexity index is 1090. The van der Waals surface area contributed by atoms with Crippen LogP contribution in [-0.4, -0.2) is 50.9 Å². The van der Waals surface area contributed by atoms with Crippen molar-refractivity contribution < 1.29 is 13.2 Å². The number of nitrogens with one attached hydrogen (secondary N) is 1. The topological polar surface area (TPSA) is 134 Å². The molecule has 2 heterocycles. The Morgan fingerprint density at radius 1 is 1.20 bits per heavy atom. The predicted molar refractivity (Wildman–Crippen MR) is 115 cm³/mol. The Hall–Kier alpha value is -3.11. The van der Waals surface area contributed by atoms with Gasteiger partial charge in [0.05, 0.1) is 17.5 Å². The van der Waals surface area contributed by atoms with Gasteiger partial charge in [-0.2, -0.15) is 0 Å². The van der Waals surface area contributed by atoms with E-state index in [2.05, 4.69) is 10.3 Å². The van der Waals surface area contributed by atoms with Crippen LogP contribution in [-0.2, 0) is 16.4 Å². The first kappa shape index (κ1) is 20.2. The van der Waals surface area contributed by atoms with Gasteiger partial charge in [0.15, 0.2) is 0 Å². The molecule has 30 heavy (non-hydrogen) atoms. The van der Waals surface area contributed by atoms with Gasteiger partial charge in [-0.1, -0.05) is 30.3 Å². The Labute approximate surface area is 175 Å². The van der Waals surface area contributed by atoms with E-state index < -0.39 is 10.0 Å². The summed E-state index contributed by atoms with van der Waals surface area (Å²) in [6.45, 7) is 1.38. The van der Waals surface area contributed by atoms with E-state index >= 15 is 0 Å². The summed E-state index contributed by atoms with van der Waals surface area (Å²) in [6, 6.07) is 13.7. The lowest BCUT2D eigenvalue weighted by atomic mass is 10.1. The first-order valence-corrected chi connectivity index (χ1v) is 11.1. The smallest absolute Gasteiger partial charge is 0.321 e. The lowest BCUT2D eigenvalue weighted by Crippen LogP contribution is -2.41. The van der Waals surface area contributed by atoms with Crippen LogP contribution in [0.25, 0.3) is 0 Å². The lowest BCUT2D eigenvalue weighted by molar-refractivity contribution is 0.247. The number of nitrogens with zero attached hydrogens (tertiary/aromatic N) is 3. The summed E-state index contributed by atoms with van der Waals surface area (Å²) in [5.74, 6) is -0.0212. The quantitative estimate of drug-likeness (QED) is 0.647. The van der Waals surface area contributed by atoms with Gasteiger partial charge in [-0.3, -0.25) is 4.90 Å².